The standard InChI is InChI=1S/C17H16ClF3N2O4S/c18-12-8-13(14(23(25)26)7-11(12)17(19,20)21)22-3-4-27-9-10(22)6-15(24)16-2-1-5-28-16/h1-2,5,7-8,10,15,24H,3-4,6,9H2. The number of hydrogen-bond donors (Lipinski definition) is 1. The van der Waals surface area contributed by atoms with Crippen molar-refractivity contribution in [1.29, 1.82) is 0 Å². The van der Waals surface area contributed by atoms with Gasteiger partial charge in [0.15, 0.2) is 0 Å². The minimum absolute atomic E-state index is 0.0188. The van der Waals surface area contributed by atoms with E-state index in [1.807, 2.05) is 5.38 Å². The van der Waals surface area contributed by atoms with Crippen molar-refractivity contribution in [2.45, 2.75) is 24.7 Å². The van der Waals surface area contributed by atoms with E-state index in [2.05, 4.69) is 0 Å². The molecule has 2 unspecified atom stereocenters. The van der Waals surface area contributed by atoms with Gasteiger partial charge in [0, 0.05) is 23.9 Å². The maximum Gasteiger partial charge on any atom is 0.418 e. The second-order valence-electron chi connectivity index (χ2n) is 6.26. The van der Waals surface area contributed by atoms with Gasteiger partial charge < -0.3 is 14.7 Å². The molecule has 6 nitrogen and oxygen atoms in total. The van der Waals surface area contributed by atoms with Crippen LogP contribution < -0.4 is 4.90 Å². The number of benzene rings is 1. The van der Waals surface area contributed by atoms with Crippen LogP contribution in [0.1, 0.15) is 23.0 Å². The third-order valence-corrected chi connectivity index (χ3v) is 5.76. The Balaban J connectivity index is 1.97. The molecule has 0 aliphatic carbocycles. The quantitative estimate of drug-likeness (QED) is 0.545. The van der Waals surface area contributed by atoms with Crippen LogP contribution in [0.4, 0.5) is 24.5 Å². The van der Waals surface area contributed by atoms with Crippen molar-refractivity contribution in [3.05, 3.63) is 55.2 Å². The van der Waals surface area contributed by atoms with Gasteiger partial charge in [-0.25, -0.2) is 0 Å². The maximum atomic E-state index is 13.1. The van der Waals surface area contributed by atoms with Crippen molar-refractivity contribution < 1.29 is 27.9 Å². The molecule has 11 heteroatoms. The number of aliphatic hydroxyl groups is 1. The van der Waals surface area contributed by atoms with E-state index in [4.69, 9.17) is 16.3 Å². The number of alkyl halides is 3. The lowest BCUT2D eigenvalue weighted by molar-refractivity contribution is -0.384. The van der Waals surface area contributed by atoms with Crippen LogP contribution in [-0.4, -0.2) is 35.8 Å². The first-order valence-corrected chi connectivity index (χ1v) is 9.55. The molecule has 2 atom stereocenters. The van der Waals surface area contributed by atoms with Crippen molar-refractivity contribution in [2.75, 3.05) is 24.7 Å². The van der Waals surface area contributed by atoms with Crippen molar-refractivity contribution in [1.82, 2.24) is 0 Å². The Morgan fingerprint density at radius 2 is 2.21 bits per heavy atom. The van der Waals surface area contributed by atoms with Gasteiger partial charge in [-0.05, 0) is 17.5 Å². The molecule has 28 heavy (non-hydrogen) atoms. The van der Waals surface area contributed by atoms with Crippen LogP contribution in [0.15, 0.2) is 29.6 Å². The lowest BCUT2D eigenvalue weighted by atomic mass is 10.0. The van der Waals surface area contributed by atoms with Gasteiger partial charge in [-0.3, -0.25) is 10.1 Å². The highest BCUT2D eigenvalue weighted by Crippen LogP contribution is 2.42. The molecule has 1 aliphatic heterocycles. The van der Waals surface area contributed by atoms with E-state index in [0.717, 1.165) is 10.9 Å². The highest BCUT2D eigenvalue weighted by atomic mass is 35.5. The van der Waals surface area contributed by atoms with Crippen LogP contribution in [0.25, 0.3) is 0 Å². The first-order valence-electron chi connectivity index (χ1n) is 8.29. The predicted molar refractivity (Wildman–Crippen MR) is 99.0 cm³/mol. The van der Waals surface area contributed by atoms with Gasteiger partial charge in [0.1, 0.15) is 5.69 Å². The van der Waals surface area contributed by atoms with Crippen LogP contribution in [0, 0.1) is 10.1 Å². The summed E-state index contributed by atoms with van der Waals surface area (Å²) in [5.74, 6) is 0. The molecule has 1 aromatic heterocycles. The van der Waals surface area contributed by atoms with E-state index >= 15 is 0 Å². The Kier molecular flexibility index (Phi) is 6.13. The van der Waals surface area contributed by atoms with Crippen LogP contribution in [0.2, 0.25) is 5.02 Å². The number of nitrogens with zero attached hydrogens (tertiary/aromatic N) is 2. The molecule has 1 fully saturated rings. The number of nitro benzene ring substituents is 1. The summed E-state index contributed by atoms with van der Waals surface area (Å²) in [5.41, 5.74) is -1.96. The normalized spacial score (nSPS) is 18.9. The molecular formula is C17H16ClF3N2O4S. The van der Waals surface area contributed by atoms with Gasteiger partial charge in [-0.2, -0.15) is 13.2 Å². The van der Waals surface area contributed by atoms with Gasteiger partial charge in [0.2, 0.25) is 0 Å². The number of morpholine rings is 1. The fraction of sp³-hybridized carbons (Fsp3) is 0.412. The Morgan fingerprint density at radius 3 is 2.82 bits per heavy atom. The van der Waals surface area contributed by atoms with Gasteiger partial charge >= 0.3 is 6.18 Å². The summed E-state index contributed by atoms with van der Waals surface area (Å²) in [4.78, 5) is 12.9. The molecule has 0 bridgehead atoms. The molecule has 1 N–H and O–H groups in total. The monoisotopic (exact) mass is 436 g/mol. The van der Waals surface area contributed by atoms with Crippen LogP contribution in [0.3, 0.4) is 0 Å². The number of halogens is 4. The zero-order valence-corrected chi connectivity index (χ0v) is 15.9. The van der Waals surface area contributed by atoms with E-state index in [-0.39, 0.29) is 31.9 Å². The van der Waals surface area contributed by atoms with Crippen LogP contribution in [-0.2, 0) is 10.9 Å². The molecule has 1 saturated heterocycles. The molecule has 2 aromatic rings. The van der Waals surface area contributed by atoms with Crippen molar-refractivity contribution in [2.24, 2.45) is 0 Å². The lowest BCUT2D eigenvalue weighted by Crippen LogP contribution is -2.46. The maximum absolute atomic E-state index is 13.1. The Morgan fingerprint density at radius 1 is 1.46 bits per heavy atom. The van der Waals surface area contributed by atoms with E-state index < -0.39 is 39.5 Å². The first kappa shape index (κ1) is 20.8. The number of aliphatic hydroxyl groups excluding tert-OH is 1. The fourth-order valence-electron chi connectivity index (χ4n) is 3.17. The molecule has 2 heterocycles. The predicted octanol–water partition coefficient (Wildman–Crippen LogP) is 4.66. The van der Waals surface area contributed by atoms with Gasteiger partial charge in [-0.15, -0.1) is 11.3 Å². The van der Waals surface area contributed by atoms with Crippen molar-refractivity contribution in [3.63, 3.8) is 0 Å². The number of ether oxygens (including phenoxy) is 1. The SMILES string of the molecule is O=[N+]([O-])c1cc(C(F)(F)F)c(Cl)cc1N1CCOCC1CC(O)c1cccs1. The molecule has 152 valence electrons. The van der Waals surface area contributed by atoms with E-state index in [0.29, 0.717) is 6.07 Å². The second kappa shape index (κ2) is 8.24. The number of nitro groups is 1. The lowest BCUT2D eigenvalue weighted by Gasteiger charge is -2.38. The van der Waals surface area contributed by atoms with Crippen molar-refractivity contribution in [3.8, 4) is 0 Å². The van der Waals surface area contributed by atoms with Crippen molar-refractivity contribution >= 4 is 34.3 Å². The summed E-state index contributed by atoms with van der Waals surface area (Å²) in [6.45, 7) is 0.657. The van der Waals surface area contributed by atoms with E-state index in [1.165, 1.54) is 11.3 Å². The summed E-state index contributed by atoms with van der Waals surface area (Å²) in [7, 11) is 0. The Labute approximate surface area is 167 Å². The Hall–Kier alpha value is -1.88. The van der Waals surface area contributed by atoms with Gasteiger partial charge in [0.05, 0.1) is 40.9 Å². The van der Waals surface area contributed by atoms with E-state index in [1.54, 1.807) is 17.0 Å². The molecule has 0 spiro atoms. The topological polar surface area (TPSA) is 75.8 Å². The summed E-state index contributed by atoms with van der Waals surface area (Å²) < 4.78 is 44.7. The number of hydrogen-bond acceptors (Lipinski definition) is 6. The third kappa shape index (κ3) is 4.40. The number of thiophene rings is 1. The summed E-state index contributed by atoms with van der Waals surface area (Å²) in [5, 5.41) is 23.1. The first-order chi connectivity index (χ1) is 13.2. The van der Waals surface area contributed by atoms with Crippen LogP contribution in [0.5, 0.6) is 0 Å². The summed E-state index contributed by atoms with van der Waals surface area (Å²) in [6.07, 6.45) is -5.42. The molecule has 1 aliphatic rings. The molecule has 0 amide bonds. The smallest absolute Gasteiger partial charge is 0.387 e. The summed E-state index contributed by atoms with van der Waals surface area (Å²) >= 11 is 7.16. The van der Waals surface area contributed by atoms with Gasteiger partial charge in [0.25, 0.3) is 5.69 Å². The number of anilines is 1. The number of rotatable bonds is 5. The molecule has 3 rings (SSSR count). The molecular weight excluding hydrogens is 421 g/mol. The average Bonchev–Trinajstić information content (AvgIpc) is 3.15. The Bertz CT molecular complexity index is 848. The van der Waals surface area contributed by atoms with Gasteiger partial charge in [-0.1, -0.05) is 17.7 Å². The van der Waals surface area contributed by atoms with Crippen LogP contribution >= 0.6 is 22.9 Å². The highest BCUT2D eigenvalue weighted by molar-refractivity contribution is 7.10. The second-order valence-corrected chi connectivity index (χ2v) is 7.65. The minimum Gasteiger partial charge on any atom is -0.387 e. The minimum atomic E-state index is -4.81. The summed E-state index contributed by atoms with van der Waals surface area (Å²) in [6, 6.07) is 4.52. The zero-order chi connectivity index (χ0) is 20.5. The molecule has 0 saturated carbocycles. The molecule has 0 radical (unpaired) electrons. The fourth-order valence-corrected chi connectivity index (χ4v) is 4.16. The largest absolute Gasteiger partial charge is 0.418 e. The molecule has 1 aromatic carbocycles. The average molecular weight is 437 g/mol. The van der Waals surface area contributed by atoms with E-state index in [9.17, 15) is 28.4 Å². The third-order valence-electron chi connectivity index (χ3n) is 4.47. The zero-order valence-electron chi connectivity index (χ0n) is 14.4. The highest BCUT2D eigenvalue weighted by Gasteiger charge is 2.38.